The molecule has 0 radical (unpaired) electrons. The van der Waals surface area contributed by atoms with E-state index in [0.717, 1.165) is 24.0 Å². The summed E-state index contributed by atoms with van der Waals surface area (Å²) >= 11 is 7.70. The van der Waals surface area contributed by atoms with E-state index >= 15 is 0 Å². The van der Waals surface area contributed by atoms with Crippen LogP contribution in [0.15, 0.2) is 12.1 Å². The number of nitrogens with two attached hydrogens (primary N) is 1. The number of methoxy groups -OCH3 is 1. The molecule has 1 aliphatic rings. The maximum absolute atomic E-state index is 6.20. The summed E-state index contributed by atoms with van der Waals surface area (Å²) in [5, 5.41) is 0. The number of ether oxygens (including phenoxy) is 1. The van der Waals surface area contributed by atoms with E-state index in [1.807, 2.05) is 6.07 Å². The van der Waals surface area contributed by atoms with Gasteiger partial charge in [-0.2, -0.15) is 0 Å². The second-order valence-corrected chi connectivity index (χ2v) is 7.13. The number of thiophene rings is 1. The van der Waals surface area contributed by atoms with E-state index in [1.165, 1.54) is 17.7 Å². The Hall–Kier alpha value is -0.130. The molecule has 0 bridgehead atoms. The quantitative estimate of drug-likeness (QED) is 0.908. The van der Waals surface area contributed by atoms with E-state index in [1.54, 1.807) is 18.4 Å². The number of hydrogen-bond acceptors (Lipinski definition) is 4. The number of rotatable bonds is 5. The number of piperidine rings is 1. The molecule has 1 saturated heterocycles. The van der Waals surface area contributed by atoms with Gasteiger partial charge >= 0.3 is 0 Å². The molecule has 2 unspecified atom stereocenters. The molecule has 1 aliphatic heterocycles. The SMILES string of the molecule is COCC1CCN(C(c2ccc(Cl)s2)C(C)N)CC1. The molecule has 19 heavy (non-hydrogen) atoms. The Morgan fingerprint density at radius 3 is 2.63 bits per heavy atom. The van der Waals surface area contributed by atoms with Crippen LogP contribution in [0.2, 0.25) is 4.34 Å². The fourth-order valence-corrected chi connectivity index (χ4v) is 4.20. The molecule has 5 heteroatoms. The first-order valence-corrected chi connectivity index (χ1v) is 8.05. The molecule has 2 heterocycles. The van der Waals surface area contributed by atoms with Crippen molar-refractivity contribution in [3.63, 3.8) is 0 Å². The fourth-order valence-electron chi connectivity index (χ4n) is 2.89. The third-order valence-electron chi connectivity index (χ3n) is 3.83. The largest absolute Gasteiger partial charge is 0.384 e. The van der Waals surface area contributed by atoms with Gasteiger partial charge in [0.05, 0.1) is 10.4 Å². The van der Waals surface area contributed by atoms with Crippen molar-refractivity contribution in [3.8, 4) is 0 Å². The first-order chi connectivity index (χ1) is 9.11. The summed E-state index contributed by atoms with van der Waals surface area (Å²) in [4.78, 5) is 3.78. The summed E-state index contributed by atoms with van der Waals surface area (Å²) in [6.45, 7) is 5.15. The van der Waals surface area contributed by atoms with Crippen molar-refractivity contribution in [3.05, 3.63) is 21.3 Å². The van der Waals surface area contributed by atoms with Crippen LogP contribution in [0.1, 0.15) is 30.7 Å². The molecule has 3 nitrogen and oxygen atoms in total. The van der Waals surface area contributed by atoms with Crippen LogP contribution in [-0.4, -0.2) is 37.7 Å². The molecular formula is C14H23ClN2OS. The molecule has 1 aromatic heterocycles. The summed E-state index contributed by atoms with van der Waals surface area (Å²) in [6.07, 6.45) is 2.38. The third-order valence-corrected chi connectivity index (χ3v) is 5.13. The number of likely N-dealkylation sites (tertiary alicyclic amines) is 1. The minimum absolute atomic E-state index is 0.119. The molecule has 0 saturated carbocycles. The predicted molar refractivity (Wildman–Crippen MR) is 81.9 cm³/mol. The summed E-state index contributed by atoms with van der Waals surface area (Å²) in [5.74, 6) is 0.696. The first-order valence-electron chi connectivity index (χ1n) is 6.85. The Kier molecular flexibility index (Phi) is 5.66. The van der Waals surface area contributed by atoms with Gasteiger partial charge in [-0.1, -0.05) is 11.6 Å². The predicted octanol–water partition coefficient (Wildman–Crippen LogP) is 3.15. The molecule has 1 fully saturated rings. The van der Waals surface area contributed by atoms with E-state index in [4.69, 9.17) is 22.1 Å². The third kappa shape index (κ3) is 3.92. The summed E-state index contributed by atoms with van der Waals surface area (Å²) in [5.41, 5.74) is 6.20. The van der Waals surface area contributed by atoms with Crippen molar-refractivity contribution in [2.24, 2.45) is 11.7 Å². The summed E-state index contributed by atoms with van der Waals surface area (Å²) in [6, 6.07) is 4.49. The van der Waals surface area contributed by atoms with Gasteiger partial charge in [-0.25, -0.2) is 0 Å². The van der Waals surface area contributed by atoms with Gasteiger partial charge in [0.25, 0.3) is 0 Å². The van der Waals surface area contributed by atoms with Crippen LogP contribution in [-0.2, 0) is 4.74 Å². The highest BCUT2D eigenvalue weighted by atomic mass is 35.5. The Balaban J connectivity index is 2.01. The van der Waals surface area contributed by atoms with Crippen molar-refractivity contribution < 1.29 is 4.74 Å². The van der Waals surface area contributed by atoms with Gasteiger partial charge in [0.2, 0.25) is 0 Å². The lowest BCUT2D eigenvalue weighted by atomic mass is 9.95. The molecule has 0 aromatic carbocycles. The lowest BCUT2D eigenvalue weighted by molar-refractivity contribution is 0.0745. The second-order valence-electron chi connectivity index (χ2n) is 5.38. The van der Waals surface area contributed by atoms with E-state index in [2.05, 4.69) is 17.9 Å². The highest BCUT2D eigenvalue weighted by Gasteiger charge is 2.29. The number of halogens is 1. The normalized spacial score (nSPS) is 21.5. The maximum atomic E-state index is 6.20. The van der Waals surface area contributed by atoms with Crippen LogP contribution < -0.4 is 5.73 Å². The Morgan fingerprint density at radius 1 is 1.47 bits per heavy atom. The van der Waals surface area contributed by atoms with Gasteiger partial charge in [-0.05, 0) is 50.9 Å². The van der Waals surface area contributed by atoms with Crippen LogP contribution in [0.4, 0.5) is 0 Å². The molecule has 2 rings (SSSR count). The molecule has 0 amide bonds. The first kappa shape index (κ1) is 15.3. The van der Waals surface area contributed by atoms with E-state index < -0.39 is 0 Å². The van der Waals surface area contributed by atoms with Crippen molar-refractivity contribution in [2.45, 2.75) is 31.8 Å². The van der Waals surface area contributed by atoms with Crippen molar-refractivity contribution in [1.82, 2.24) is 4.90 Å². The maximum Gasteiger partial charge on any atom is 0.0931 e. The molecule has 2 atom stereocenters. The average molecular weight is 303 g/mol. The van der Waals surface area contributed by atoms with Gasteiger partial charge < -0.3 is 10.5 Å². The van der Waals surface area contributed by atoms with Crippen LogP contribution in [0.3, 0.4) is 0 Å². The topological polar surface area (TPSA) is 38.5 Å². The molecule has 2 N–H and O–H groups in total. The molecular weight excluding hydrogens is 280 g/mol. The van der Waals surface area contributed by atoms with Gasteiger partial charge in [0, 0.05) is 24.6 Å². The lowest BCUT2D eigenvalue weighted by Crippen LogP contribution is -2.43. The summed E-state index contributed by atoms with van der Waals surface area (Å²) in [7, 11) is 1.78. The van der Waals surface area contributed by atoms with Crippen LogP contribution in [0, 0.1) is 5.92 Å². The Labute approximate surface area is 124 Å². The zero-order valence-electron chi connectivity index (χ0n) is 11.6. The summed E-state index contributed by atoms with van der Waals surface area (Å²) < 4.78 is 6.10. The fraction of sp³-hybridized carbons (Fsp3) is 0.714. The minimum Gasteiger partial charge on any atom is -0.384 e. The second kappa shape index (κ2) is 7.04. The lowest BCUT2D eigenvalue weighted by Gasteiger charge is -2.38. The Morgan fingerprint density at radius 2 is 2.16 bits per heavy atom. The number of hydrogen-bond donors (Lipinski definition) is 1. The minimum atomic E-state index is 0.119. The van der Waals surface area contributed by atoms with Crippen molar-refractivity contribution >= 4 is 22.9 Å². The van der Waals surface area contributed by atoms with Crippen LogP contribution in [0.25, 0.3) is 0 Å². The van der Waals surface area contributed by atoms with Gasteiger partial charge in [-0.15, -0.1) is 11.3 Å². The van der Waals surface area contributed by atoms with Crippen molar-refractivity contribution in [2.75, 3.05) is 26.8 Å². The van der Waals surface area contributed by atoms with Crippen LogP contribution in [0.5, 0.6) is 0 Å². The van der Waals surface area contributed by atoms with Crippen LogP contribution >= 0.6 is 22.9 Å². The zero-order valence-corrected chi connectivity index (χ0v) is 13.2. The van der Waals surface area contributed by atoms with E-state index in [9.17, 15) is 0 Å². The molecule has 1 aromatic rings. The van der Waals surface area contributed by atoms with E-state index in [-0.39, 0.29) is 6.04 Å². The molecule has 108 valence electrons. The monoisotopic (exact) mass is 302 g/mol. The highest BCUT2D eigenvalue weighted by Crippen LogP contribution is 2.34. The average Bonchev–Trinajstić information content (AvgIpc) is 2.78. The smallest absolute Gasteiger partial charge is 0.0931 e. The molecule has 0 aliphatic carbocycles. The van der Waals surface area contributed by atoms with Gasteiger partial charge in [-0.3, -0.25) is 4.90 Å². The standard InChI is InChI=1S/C14H23ClN2OS/c1-10(16)14(12-3-4-13(15)19-12)17-7-5-11(6-8-17)9-18-2/h3-4,10-11,14H,5-9,16H2,1-2H3. The van der Waals surface area contributed by atoms with Crippen molar-refractivity contribution in [1.29, 1.82) is 0 Å². The zero-order chi connectivity index (χ0) is 13.8. The number of nitrogens with zero attached hydrogens (tertiary/aromatic N) is 1. The van der Waals surface area contributed by atoms with Gasteiger partial charge in [0.15, 0.2) is 0 Å². The highest BCUT2D eigenvalue weighted by molar-refractivity contribution is 7.16. The Bertz CT molecular complexity index is 389. The molecule has 0 spiro atoms. The van der Waals surface area contributed by atoms with Gasteiger partial charge in [0.1, 0.15) is 0 Å². The van der Waals surface area contributed by atoms with E-state index in [0.29, 0.717) is 12.0 Å².